The summed E-state index contributed by atoms with van der Waals surface area (Å²) in [5, 5.41) is 16.2. The molecule has 3 N–H and O–H groups in total. The maximum atomic E-state index is 11.1. The Kier molecular flexibility index (Phi) is 8.12. The van der Waals surface area contributed by atoms with Gasteiger partial charge in [0.2, 0.25) is 0 Å². The molecule has 2 aromatic heterocycles. The second-order valence-corrected chi connectivity index (χ2v) is 13.7. The van der Waals surface area contributed by atoms with E-state index in [0.29, 0.717) is 11.6 Å². The second kappa shape index (κ2) is 11.0. The van der Waals surface area contributed by atoms with E-state index in [2.05, 4.69) is 88.1 Å². The van der Waals surface area contributed by atoms with E-state index in [9.17, 15) is 5.11 Å². The molecule has 0 bridgehead atoms. The van der Waals surface area contributed by atoms with Crippen LogP contribution >= 0.6 is 22.7 Å². The first-order chi connectivity index (χ1) is 17.8. The Bertz CT molecular complexity index is 1370. The lowest BCUT2D eigenvalue weighted by Crippen LogP contribution is -2.17. The number of thiazole rings is 1. The van der Waals surface area contributed by atoms with Crippen LogP contribution in [-0.4, -0.2) is 27.9 Å². The number of phenols is 1. The fraction of sp³-hybridized carbons (Fsp3) is 0.355. The van der Waals surface area contributed by atoms with Crippen molar-refractivity contribution < 1.29 is 5.11 Å². The Morgan fingerprint density at radius 3 is 2.13 bits per heavy atom. The summed E-state index contributed by atoms with van der Waals surface area (Å²) < 4.78 is 0. The largest absolute Gasteiger partial charge is 0.507 e. The first-order valence-corrected chi connectivity index (χ1v) is 14.6. The standard InChI is InChI=1S/C31H38N4OS2/c1-30(2,3)23-15-21(16-24(28(23)36)31(4,5)6)25-19-38-27(34-25)18-35(7)17-20-10-12-22(13-11-20)33-29(32)26-9-8-14-37-26/h8-16,19,36H,17-18H2,1-7H3,(H2,32,33). The van der Waals surface area contributed by atoms with Crippen molar-refractivity contribution in [2.45, 2.75) is 65.5 Å². The summed E-state index contributed by atoms with van der Waals surface area (Å²) >= 11 is 3.26. The molecule has 0 unspecified atom stereocenters. The van der Waals surface area contributed by atoms with E-state index in [1.165, 1.54) is 5.56 Å². The van der Waals surface area contributed by atoms with Gasteiger partial charge in [-0.1, -0.05) is 59.7 Å². The third-order valence-electron chi connectivity index (χ3n) is 6.39. The fourth-order valence-electron chi connectivity index (χ4n) is 4.33. The zero-order valence-corrected chi connectivity index (χ0v) is 25.0. The molecule has 0 aliphatic rings. The van der Waals surface area contributed by atoms with Crippen LogP contribution in [0.5, 0.6) is 5.75 Å². The molecule has 200 valence electrons. The third-order valence-corrected chi connectivity index (χ3v) is 8.12. The number of amidine groups is 1. The molecule has 4 rings (SSSR count). The van der Waals surface area contributed by atoms with Crippen LogP contribution in [0.15, 0.2) is 64.3 Å². The van der Waals surface area contributed by atoms with E-state index in [0.717, 1.165) is 51.0 Å². The molecule has 0 fully saturated rings. The first kappa shape index (κ1) is 28.0. The van der Waals surface area contributed by atoms with Crippen molar-refractivity contribution in [1.29, 1.82) is 0 Å². The zero-order chi connectivity index (χ0) is 27.7. The molecule has 7 heteroatoms. The monoisotopic (exact) mass is 546 g/mol. The second-order valence-electron chi connectivity index (χ2n) is 11.9. The predicted molar refractivity (Wildman–Crippen MR) is 163 cm³/mol. The van der Waals surface area contributed by atoms with Gasteiger partial charge in [0.25, 0.3) is 0 Å². The normalized spacial score (nSPS) is 12.9. The number of nitrogens with two attached hydrogens (primary N) is 1. The molecule has 5 nitrogen and oxygen atoms in total. The van der Waals surface area contributed by atoms with Gasteiger partial charge in [-0.05, 0) is 59.2 Å². The molecule has 0 spiro atoms. The number of thiophene rings is 1. The number of rotatable bonds is 7. The number of hydrogen-bond acceptors (Lipinski definition) is 6. The quantitative estimate of drug-likeness (QED) is 0.183. The Labute approximate surface area is 234 Å². The minimum absolute atomic E-state index is 0.171. The van der Waals surface area contributed by atoms with E-state index in [1.807, 2.05) is 29.6 Å². The Hall–Kier alpha value is -3.00. The minimum Gasteiger partial charge on any atom is -0.507 e. The fourth-order valence-corrected chi connectivity index (χ4v) is 5.84. The maximum Gasteiger partial charge on any atom is 0.141 e. The van der Waals surface area contributed by atoms with Gasteiger partial charge in [0, 0.05) is 28.6 Å². The molecular formula is C31H38N4OS2. The lowest BCUT2D eigenvalue weighted by Gasteiger charge is -2.28. The van der Waals surface area contributed by atoms with Crippen LogP contribution < -0.4 is 5.73 Å². The molecule has 0 aliphatic heterocycles. The predicted octanol–water partition coefficient (Wildman–Crippen LogP) is 7.84. The van der Waals surface area contributed by atoms with Crippen LogP contribution in [0.2, 0.25) is 0 Å². The zero-order valence-electron chi connectivity index (χ0n) is 23.4. The average Bonchev–Trinajstić information content (AvgIpc) is 3.52. The molecule has 2 heterocycles. The molecule has 0 aliphatic carbocycles. The number of aromatic nitrogens is 1. The van der Waals surface area contributed by atoms with E-state index >= 15 is 0 Å². The number of benzene rings is 2. The first-order valence-electron chi connectivity index (χ1n) is 12.8. The van der Waals surface area contributed by atoms with Gasteiger partial charge < -0.3 is 10.8 Å². The third kappa shape index (κ3) is 6.70. The highest BCUT2D eigenvalue weighted by Gasteiger charge is 2.27. The Balaban J connectivity index is 1.47. The molecular weight excluding hydrogens is 509 g/mol. The topological polar surface area (TPSA) is 74.7 Å². The summed E-state index contributed by atoms with van der Waals surface area (Å²) in [5.74, 6) is 0.942. The number of nitrogens with zero attached hydrogens (tertiary/aromatic N) is 3. The molecule has 0 radical (unpaired) electrons. The molecule has 2 aromatic carbocycles. The summed E-state index contributed by atoms with van der Waals surface area (Å²) in [4.78, 5) is 12.8. The highest BCUT2D eigenvalue weighted by atomic mass is 32.1. The molecule has 0 saturated carbocycles. The van der Waals surface area contributed by atoms with Crippen molar-refractivity contribution in [2.24, 2.45) is 10.7 Å². The van der Waals surface area contributed by atoms with Crippen LogP contribution in [-0.2, 0) is 23.9 Å². The smallest absolute Gasteiger partial charge is 0.141 e. The van der Waals surface area contributed by atoms with Gasteiger partial charge in [-0.2, -0.15) is 0 Å². The van der Waals surface area contributed by atoms with Gasteiger partial charge in [0.05, 0.1) is 22.8 Å². The van der Waals surface area contributed by atoms with Crippen molar-refractivity contribution in [3.63, 3.8) is 0 Å². The number of phenolic OH excluding ortho intramolecular Hbond substituents is 1. The summed E-state index contributed by atoms with van der Waals surface area (Å²) in [6.45, 7) is 14.4. The van der Waals surface area contributed by atoms with E-state index in [1.54, 1.807) is 22.7 Å². The minimum atomic E-state index is -0.171. The van der Waals surface area contributed by atoms with Gasteiger partial charge in [-0.15, -0.1) is 22.7 Å². The van der Waals surface area contributed by atoms with Crippen LogP contribution in [0.1, 0.15) is 68.1 Å². The van der Waals surface area contributed by atoms with Gasteiger partial charge in [-0.25, -0.2) is 9.98 Å². The lowest BCUT2D eigenvalue weighted by atomic mass is 9.78. The highest BCUT2D eigenvalue weighted by Crippen LogP contribution is 2.42. The van der Waals surface area contributed by atoms with E-state index < -0.39 is 0 Å². The molecule has 0 saturated heterocycles. The van der Waals surface area contributed by atoms with Gasteiger partial charge in [-0.3, -0.25) is 4.90 Å². The number of aromatic hydroxyl groups is 1. The maximum absolute atomic E-state index is 11.1. The van der Waals surface area contributed by atoms with E-state index in [4.69, 9.17) is 10.7 Å². The van der Waals surface area contributed by atoms with Crippen LogP contribution in [0.3, 0.4) is 0 Å². The summed E-state index contributed by atoms with van der Waals surface area (Å²) in [6, 6.07) is 16.4. The SMILES string of the molecule is CN(Cc1ccc(N=C(N)c2cccs2)cc1)Cc1nc(-c2cc(C(C)(C)C)c(O)c(C(C)(C)C)c2)cs1. The summed E-state index contributed by atoms with van der Waals surface area (Å²) in [7, 11) is 2.11. The van der Waals surface area contributed by atoms with E-state index in [-0.39, 0.29) is 10.8 Å². The number of aliphatic imine (C=N–C) groups is 1. The number of hydrogen-bond donors (Lipinski definition) is 2. The lowest BCUT2D eigenvalue weighted by molar-refractivity contribution is 0.318. The molecule has 0 amide bonds. The van der Waals surface area contributed by atoms with Crippen molar-refractivity contribution >= 4 is 34.2 Å². The van der Waals surface area contributed by atoms with Crippen molar-refractivity contribution in [3.05, 3.63) is 85.9 Å². The van der Waals surface area contributed by atoms with Crippen molar-refractivity contribution in [2.75, 3.05) is 7.05 Å². The summed E-state index contributed by atoms with van der Waals surface area (Å²) in [5.41, 5.74) is 11.8. The highest BCUT2D eigenvalue weighted by molar-refractivity contribution is 7.12. The van der Waals surface area contributed by atoms with Crippen LogP contribution in [0, 0.1) is 0 Å². The Morgan fingerprint density at radius 1 is 0.947 bits per heavy atom. The van der Waals surface area contributed by atoms with Gasteiger partial charge >= 0.3 is 0 Å². The van der Waals surface area contributed by atoms with Crippen LogP contribution in [0.25, 0.3) is 11.3 Å². The Morgan fingerprint density at radius 2 is 1.58 bits per heavy atom. The molecule has 38 heavy (non-hydrogen) atoms. The molecule has 0 atom stereocenters. The van der Waals surface area contributed by atoms with Crippen molar-refractivity contribution in [1.82, 2.24) is 9.88 Å². The van der Waals surface area contributed by atoms with Crippen LogP contribution in [0.4, 0.5) is 5.69 Å². The average molecular weight is 547 g/mol. The molecule has 4 aromatic rings. The van der Waals surface area contributed by atoms with Gasteiger partial charge in [0.1, 0.15) is 16.6 Å². The van der Waals surface area contributed by atoms with Crippen molar-refractivity contribution in [3.8, 4) is 17.0 Å². The van der Waals surface area contributed by atoms with Gasteiger partial charge in [0.15, 0.2) is 0 Å². The summed E-state index contributed by atoms with van der Waals surface area (Å²) in [6.07, 6.45) is 0.